The molecule has 1 N–H and O–H groups in total. The molecule has 1 aromatic heterocycles. The lowest BCUT2D eigenvalue weighted by Crippen LogP contribution is -2.29. The van der Waals surface area contributed by atoms with Crippen LogP contribution in [0.15, 0.2) is 54.1 Å². The maximum Gasteiger partial charge on any atom is 0.301 e. The van der Waals surface area contributed by atoms with Gasteiger partial charge in [0.25, 0.3) is 5.78 Å². The van der Waals surface area contributed by atoms with Crippen molar-refractivity contribution in [2.45, 2.75) is 13.0 Å². The highest BCUT2D eigenvalue weighted by molar-refractivity contribution is 7.15. The van der Waals surface area contributed by atoms with Crippen molar-refractivity contribution in [1.82, 2.24) is 10.2 Å². The number of fused-ring (bicyclic) bond motifs is 1. The van der Waals surface area contributed by atoms with E-state index >= 15 is 0 Å². The third kappa shape index (κ3) is 3.23. The monoisotopic (exact) mass is 435 g/mol. The summed E-state index contributed by atoms with van der Waals surface area (Å²) in [5, 5.41) is 20.2. The maximum absolute atomic E-state index is 13.1. The number of aryl methyl sites for hydroxylation is 1. The van der Waals surface area contributed by atoms with Gasteiger partial charge in [-0.1, -0.05) is 41.7 Å². The van der Waals surface area contributed by atoms with Crippen LogP contribution in [0.2, 0.25) is 0 Å². The Bertz CT molecular complexity index is 1220. The van der Waals surface area contributed by atoms with Crippen LogP contribution in [-0.4, -0.2) is 40.2 Å². The van der Waals surface area contributed by atoms with Gasteiger partial charge in [-0.15, -0.1) is 10.2 Å². The number of carbonyl (C=O) groups is 2. The quantitative estimate of drug-likeness (QED) is 0.383. The Hall–Kier alpha value is -3.72. The van der Waals surface area contributed by atoms with E-state index in [0.717, 1.165) is 0 Å². The first kappa shape index (κ1) is 19.3. The van der Waals surface area contributed by atoms with Crippen molar-refractivity contribution in [3.63, 3.8) is 0 Å². The van der Waals surface area contributed by atoms with E-state index in [1.54, 1.807) is 37.3 Å². The normalized spacial score (nSPS) is 19.6. The van der Waals surface area contributed by atoms with Gasteiger partial charge in [-0.25, -0.2) is 0 Å². The Morgan fingerprint density at radius 1 is 1.06 bits per heavy atom. The first-order chi connectivity index (χ1) is 15.0. The number of amides is 1. The van der Waals surface area contributed by atoms with Crippen molar-refractivity contribution < 1.29 is 24.2 Å². The standard InChI is InChI=1S/C22H17N3O5S/c1-12-23-24-22(31-12)25-18(13-5-3-2-4-6-13)17(20(27)21(25)28)19(26)14-7-8-15-16(11-14)30-10-9-29-15/h2-8,11,18,26H,9-10H2,1H3/b19-17-. The number of nitrogens with zero attached hydrogens (tertiary/aromatic N) is 3. The lowest BCUT2D eigenvalue weighted by molar-refractivity contribution is -0.132. The molecular formula is C22H17N3O5S. The first-order valence-corrected chi connectivity index (χ1v) is 10.4. The number of rotatable bonds is 3. The van der Waals surface area contributed by atoms with Gasteiger partial charge in [-0.05, 0) is 30.7 Å². The number of ether oxygens (including phenoxy) is 2. The third-order valence-electron chi connectivity index (χ3n) is 5.10. The van der Waals surface area contributed by atoms with Crippen LogP contribution in [0.4, 0.5) is 5.13 Å². The molecule has 0 radical (unpaired) electrons. The van der Waals surface area contributed by atoms with Gasteiger partial charge in [0, 0.05) is 5.56 Å². The van der Waals surface area contributed by atoms with E-state index in [9.17, 15) is 14.7 Å². The molecule has 0 aliphatic carbocycles. The number of carbonyl (C=O) groups excluding carboxylic acids is 2. The molecule has 1 fully saturated rings. The molecule has 3 heterocycles. The number of benzene rings is 2. The van der Waals surface area contributed by atoms with Crippen LogP contribution < -0.4 is 14.4 Å². The Morgan fingerprint density at radius 3 is 2.52 bits per heavy atom. The summed E-state index contributed by atoms with van der Waals surface area (Å²) in [5.41, 5.74) is 1.02. The molecule has 0 spiro atoms. The molecule has 1 saturated heterocycles. The van der Waals surface area contributed by atoms with Crippen molar-refractivity contribution in [3.8, 4) is 11.5 Å². The maximum atomic E-state index is 13.1. The van der Waals surface area contributed by atoms with E-state index in [1.807, 2.05) is 18.2 Å². The summed E-state index contributed by atoms with van der Waals surface area (Å²) in [4.78, 5) is 27.4. The molecule has 1 atom stereocenters. The number of hydrogen-bond acceptors (Lipinski definition) is 8. The summed E-state index contributed by atoms with van der Waals surface area (Å²) in [6, 6.07) is 13.1. The fraction of sp³-hybridized carbons (Fsp3) is 0.182. The van der Waals surface area contributed by atoms with E-state index in [4.69, 9.17) is 9.47 Å². The van der Waals surface area contributed by atoms with E-state index in [1.165, 1.54) is 16.2 Å². The zero-order valence-corrected chi connectivity index (χ0v) is 17.3. The highest BCUT2D eigenvalue weighted by atomic mass is 32.1. The van der Waals surface area contributed by atoms with Crippen LogP contribution >= 0.6 is 11.3 Å². The largest absolute Gasteiger partial charge is 0.507 e. The topological polar surface area (TPSA) is 102 Å². The molecule has 2 aliphatic rings. The van der Waals surface area contributed by atoms with Crippen molar-refractivity contribution in [2.75, 3.05) is 18.1 Å². The minimum Gasteiger partial charge on any atom is -0.507 e. The second-order valence-corrected chi connectivity index (χ2v) is 8.20. The Balaban J connectivity index is 1.68. The Kier molecular flexibility index (Phi) is 4.67. The second-order valence-electron chi connectivity index (χ2n) is 7.04. The van der Waals surface area contributed by atoms with E-state index in [0.29, 0.717) is 46.0 Å². The average molecular weight is 435 g/mol. The Labute approximate surface area is 181 Å². The lowest BCUT2D eigenvalue weighted by Gasteiger charge is -2.23. The minimum absolute atomic E-state index is 0.0132. The summed E-state index contributed by atoms with van der Waals surface area (Å²) >= 11 is 1.21. The van der Waals surface area contributed by atoms with Crippen LogP contribution in [-0.2, 0) is 9.59 Å². The molecule has 2 aliphatic heterocycles. The van der Waals surface area contributed by atoms with Crippen LogP contribution in [0.25, 0.3) is 5.76 Å². The smallest absolute Gasteiger partial charge is 0.301 e. The third-order valence-corrected chi connectivity index (χ3v) is 5.93. The highest BCUT2D eigenvalue weighted by Crippen LogP contribution is 2.43. The number of aromatic nitrogens is 2. The summed E-state index contributed by atoms with van der Waals surface area (Å²) in [6.45, 7) is 2.60. The molecule has 5 rings (SSSR count). The summed E-state index contributed by atoms with van der Waals surface area (Å²) in [6.07, 6.45) is 0. The summed E-state index contributed by atoms with van der Waals surface area (Å²) < 4.78 is 11.1. The molecule has 156 valence electrons. The van der Waals surface area contributed by atoms with Crippen LogP contribution in [0, 0.1) is 6.92 Å². The number of Topliss-reactive ketones (excluding diaryl/α,β-unsaturated/α-hetero) is 1. The average Bonchev–Trinajstić information content (AvgIpc) is 3.34. The summed E-state index contributed by atoms with van der Waals surface area (Å²) in [5.74, 6) is -0.793. The van der Waals surface area contributed by atoms with E-state index < -0.39 is 17.7 Å². The fourth-order valence-electron chi connectivity index (χ4n) is 3.71. The zero-order valence-electron chi connectivity index (χ0n) is 16.4. The molecule has 0 bridgehead atoms. The molecule has 2 aromatic carbocycles. The molecule has 1 unspecified atom stereocenters. The van der Waals surface area contributed by atoms with Crippen molar-refractivity contribution in [3.05, 3.63) is 70.2 Å². The van der Waals surface area contributed by atoms with Gasteiger partial charge < -0.3 is 14.6 Å². The molecule has 1 amide bonds. The fourth-order valence-corrected chi connectivity index (χ4v) is 4.42. The predicted octanol–water partition coefficient (Wildman–Crippen LogP) is 3.24. The predicted molar refractivity (Wildman–Crippen MR) is 113 cm³/mol. The Morgan fingerprint density at radius 2 is 1.81 bits per heavy atom. The highest BCUT2D eigenvalue weighted by Gasteiger charge is 2.48. The molecule has 8 nitrogen and oxygen atoms in total. The molecular weight excluding hydrogens is 418 g/mol. The number of hydrogen-bond donors (Lipinski definition) is 1. The molecule has 31 heavy (non-hydrogen) atoms. The van der Waals surface area contributed by atoms with Gasteiger partial charge in [0.05, 0.1) is 11.6 Å². The molecule has 9 heteroatoms. The van der Waals surface area contributed by atoms with Crippen LogP contribution in [0.3, 0.4) is 0 Å². The number of aliphatic hydroxyl groups excluding tert-OH is 1. The van der Waals surface area contributed by atoms with Crippen molar-refractivity contribution in [1.29, 1.82) is 0 Å². The SMILES string of the molecule is Cc1nnc(N2C(=O)C(=O)/C(=C(\O)c3ccc4c(c3)OCCO4)C2c2ccccc2)s1. The lowest BCUT2D eigenvalue weighted by atomic mass is 9.95. The number of aliphatic hydroxyl groups is 1. The van der Waals surface area contributed by atoms with Gasteiger partial charge in [0.15, 0.2) is 11.5 Å². The number of ketones is 1. The minimum atomic E-state index is -0.832. The first-order valence-electron chi connectivity index (χ1n) is 9.60. The van der Waals surface area contributed by atoms with Gasteiger partial charge in [-0.3, -0.25) is 14.5 Å². The van der Waals surface area contributed by atoms with Gasteiger partial charge in [0.2, 0.25) is 5.13 Å². The zero-order chi connectivity index (χ0) is 21.5. The van der Waals surface area contributed by atoms with Gasteiger partial charge in [-0.2, -0.15) is 0 Å². The molecule has 0 saturated carbocycles. The van der Waals surface area contributed by atoms with E-state index in [2.05, 4.69) is 10.2 Å². The van der Waals surface area contributed by atoms with Crippen LogP contribution in [0.5, 0.6) is 11.5 Å². The number of anilines is 1. The molecule has 3 aromatic rings. The summed E-state index contributed by atoms with van der Waals surface area (Å²) in [7, 11) is 0. The second kappa shape index (κ2) is 7.51. The van der Waals surface area contributed by atoms with Crippen molar-refractivity contribution >= 4 is 33.9 Å². The van der Waals surface area contributed by atoms with Crippen LogP contribution in [0.1, 0.15) is 22.2 Å². The van der Waals surface area contributed by atoms with Crippen molar-refractivity contribution in [2.24, 2.45) is 0 Å². The van der Waals surface area contributed by atoms with Gasteiger partial charge >= 0.3 is 5.91 Å². The van der Waals surface area contributed by atoms with Gasteiger partial charge in [0.1, 0.15) is 24.0 Å². The van der Waals surface area contributed by atoms with E-state index in [-0.39, 0.29) is 11.3 Å².